The monoisotopic (exact) mass is 420 g/mol. The minimum Gasteiger partial charge on any atom is -0.507 e. The lowest BCUT2D eigenvalue weighted by atomic mass is 10.0. The third-order valence-corrected chi connectivity index (χ3v) is 6.35. The number of hydrogen-bond acceptors (Lipinski definition) is 5. The van der Waals surface area contributed by atoms with Crippen LogP contribution >= 0.6 is 0 Å². The Labute approximate surface area is 186 Å². The van der Waals surface area contributed by atoms with Gasteiger partial charge in [-0.2, -0.15) is 0 Å². The molecule has 0 aromatic heterocycles. The lowest BCUT2D eigenvalue weighted by molar-refractivity contribution is 0.210. The van der Waals surface area contributed by atoms with Crippen molar-refractivity contribution in [3.63, 3.8) is 0 Å². The second-order valence-corrected chi connectivity index (χ2v) is 8.22. The Morgan fingerprint density at radius 3 is 1.17 bits per heavy atom. The molecule has 1 rings (SSSR count). The van der Waals surface area contributed by atoms with Crippen LogP contribution in [0, 0.1) is 6.92 Å². The molecule has 0 bridgehead atoms. The van der Waals surface area contributed by atoms with Gasteiger partial charge in [-0.05, 0) is 46.2 Å². The van der Waals surface area contributed by atoms with Gasteiger partial charge in [0.05, 0.1) is 0 Å². The molecule has 5 nitrogen and oxygen atoms in total. The van der Waals surface area contributed by atoms with Gasteiger partial charge in [-0.15, -0.1) is 0 Å². The number of benzene rings is 1. The van der Waals surface area contributed by atoms with Crippen LogP contribution in [0.3, 0.4) is 0 Å². The molecule has 1 aromatic carbocycles. The van der Waals surface area contributed by atoms with Crippen molar-refractivity contribution in [2.24, 2.45) is 0 Å². The predicted octanol–water partition coefficient (Wildman–Crippen LogP) is 4.03. The molecule has 0 spiro atoms. The number of aryl methyl sites for hydroxylation is 1. The molecule has 0 atom stereocenters. The van der Waals surface area contributed by atoms with E-state index in [0.717, 1.165) is 89.7 Å². The highest BCUT2D eigenvalue weighted by molar-refractivity contribution is 5.43. The van der Waals surface area contributed by atoms with Crippen molar-refractivity contribution in [2.75, 3.05) is 65.4 Å². The number of rotatable bonds is 16. The van der Waals surface area contributed by atoms with E-state index in [0.29, 0.717) is 5.75 Å². The first-order valence-electron chi connectivity index (χ1n) is 12.1. The number of phenols is 1. The summed E-state index contributed by atoms with van der Waals surface area (Å²) in [6.07, 6.45) is 0. The molecule has 0 unspecified atom stereocenters. The molecule has 1 aromatic rings. The van der Waals surface area contributed by atoms with Gasteiger partial charge >= 0.3 is 0 Å². The average Bonchev–Trinajstić information content (AvgIpc) is 2.75. The van der Waals surface area contributed by atoms with Gasteiger partial charge in [0.2, 0.25) is 0 Å². The summed E-state index contributed by atoms with van der Waals surface area (Å²) >= 11 is 0. The zero-order valence-corrected chi connectivity index (χ0v) is 20.9. The molecule has 0 fully saturated rings. The first-order valence-corrected chi connectivity index (χ1v) is 12.1. The fraction of sp³-hybridized carbons (Fsp3) is 0.760. The van der Waals surface area contributed by atoms with E-state index in [1.807, 2.05) is 0 Å². The molecule has 0 aliphatic rings. The summed E-state index contributed by atoms with van der Waals surface area (Å²) < 4.78 is 0. The lowest BCUT2D eigenvalue weighted by Gasteiger charge is -2.27. The highest BCUT2D eigenvalue weighted by Crippen LogP contribution is 2.27. The summed E-state index contributed by atoms with van der Waals surface area (Å²) in [4.78, 5) is 9.79. The topological polar surface area (TPSA) is 33.2 Å². The molecule has 5 heteroatoms. The molecular weight excluding hydrogens is 372 g/mol. The van der Waals surface area contributed by atoms with Crippen molar-refractivity contribution in [1.82, 2.24) is 19.6 Å². The highest BCUT2D eigenvalue weighted by atomic mass is 16.3. The summed E-state index contributed by atoms with van der Waals surface area (Å²) in [6, 6.07) is 4.32. The maximum absolute atomic E-state index is 11.1. The largest absolute Gasteiger partial charge is 0.507 e. The van der Waals surface area contributed by atoms with Gasteiger partial charge in [-0.1, -0.05) is 59.2 Å². The third-order valence-electron chi connectivity index (χ3n) is 6.35. The van der Waals surface area contributed by atoms with Crippen LogP contribution in [-0.4, -0.2) is 90.2 Å². The summed E-state index contributed by atoms with van der Waals surface area (Å²) in [5.74, 6) is 0.489. The van der Waals surface area contributed by atoms with Crippen LogP contribution in [0.2, 0.25) is 0 Å². The molecule has 0 saturated carbocycles. The zero-order valence-electron chi connectivity index (χ0n) is 20.9. The Hall–Kier alpha value is -1.14. The molecule has 0 saturated heterocycles. The quantitative estimate of drug-likeness (QED) is 0.437. The van der Waals surface area contributed by atoms with Crippen LogP contribution in [0.5, 0.6) is 5.75 Å². The van der Waals surface area contributed by atoms with Crippen LogP contribution in [0.1, 0.15) is 58.2 Å². The van der Waals surface area contributed by atoms with E-state index in [1.165, 1.54) is 5.56 Å². The Morgan fingerprint density at radius 1 is 0.567 bits per heavy atom. The number of phenolic OH excluding ortho intramolecular Hbond substituents is 1. The second kappa shape index (κ2) is 14.8. The Morgan fingerprint density at radius 2 is 0.867 bits per heavy atom. The summed E-state index contributed by atoms with van der Waals surface area (Å²) in [5.41, 5.74) is 3.36. The van der Waals surface area contributed by atoms with Crippen molar-refractivity contribution in [1.29, 1.82) is 0 Å². The summed E-state index contributed by atoms with van der Waals surface area (Å²) in [7, 11) is 0. The highest BCUT2D eigenvalue weighted by Gasteiger charge is 2.15. The smallest absolute Gasteiger partial charge is 0.124 e. The molecule has 30 heavy (non-hydrogen) atoms. The van der Waals surface area contributed by atoms with Gasteiger partial charge < -0.3 is 14.9 Å². The van der Waals surface area contributed by atoms with E-state index in [1.54, 1.807) is 0 Å². The van der Waals surface area contributed by atoms with E-state index < -0.39 is 0 Å². The Balaban J connectivity index is 2.85. The standard InChI is InChI=1S/C25H48N4O/c1-8-26(9-2)14-16-28(12-5)20-23-18-22(7)19-24(25(23)30)21-29(13-6)17-15-27(10-3)11-4/h18-19,30H,8-17,20-21H2,1-7H3. The van der Waals surface area contributed by atoms with Crippen molar-refractivity contribution in [2.45, 2.75) is 61.6 Å². The molecule has 0 radical (unpaired) electrons. The number of hydrogen-bond donors (Lipinski definition) is 1. The fourth-order valence-electron chi connectivity index (χ4n) is 4.00. The van der Waals surface area contributed by atoms with Gasteiger partial charge in [0, 0.05) is 50.4 Å². The van der Waals surface area contributed by atoms with Gasteiger partial charge in [-0.25, -0.2) is 0 Å². The van der Waals surface area contributed by atoms with E-state index in [-0.39, 0.29) is 0 Å². The van der Waals surface area contributed by atoms with Crippen molar-refractivity contribution >= 4 is 0 Å². The minimum atomic E-state index is 0.489. The van der Waals surface area contributed by atoms with E-state index in [9.17, 15) is 5.11 Å². The predicted molar refractivity (Wildman–Crippen MR) is 130 cm³/mol. The molecule has 174 valence electrons. The molecule has 1 N–H and O–H groups in total. The Kier molecular flexibility index (Phi) is 13.3. The van der Waals surface area contributed by atoms with Gasteiger partial charge in [0.1, 0.15) is 5.75 Å². The molecule has 0 aliphatic heterocycles. The van der Waals surface area contributed by atoms with Crippen molar-refractivity contribution in [3.05, 3.63) is 28.8 Å². The fourth-order valence-corrected chi connectivity index (χ4v) is 4.00. The van der Waals surface area contributed by atoms with Crippen molar-refractivity contribution < 1.29 is 5.11 Å². The van der Waals surface area contributed by atoms with Crippen LogP contribution < -0.4 is 0 Å². The van der Waals surface area contributed by atoms with E-state index >= 15 is 0 Å². The maximum atomic E-state index is 11.1. The maximum Gasteiger partial charge on any atom is 0.124 e. The average molecular weight is 421 g/mol. The normalized spacial score (nSPS) is 12.1. The third kappa shape index (κ3) is 8.93. The molecule has 0 heterocycles. The first kappa shape index (κ1) is 26.9. The van der Waals surface area contributed by atoms with Crippen molar-refractivity contribution in [3.8, 4) is 5.75 Å². The Bertz CT molecular complexity index is 538. The summed E-state index contributed by atoms with van der Waals surface area (Å²) in [6.45, 7) is 27.6. The zero-order chi connectivity index (χ0) is 22.5. The van der Waals surface area contributed by atoms with Gasteiger partial charge in [0.15, 0.2) is 0 Å². The van der Waals surface area contributed by atoms with Gasteiger partial charge in [0.25, 0.3) is 0 Å². The lowest BCUT2D eigenvalue weighted by Crippen LogP contribution is -2.35. The van der Waals surface area contributed by atoms with Crippen LogP contribution in [0.25, 0.3) is 0 Å². The van der Waals surface area contributed by atoms with Crippen LogP contribution in [-0.2, 0) is 13.1 Å². The number of likely N-dealkylation sites (N-methyl/N-ethyl adjacent to an activating group) is 4. The summed E-state index contributed by atoms with van der Waals surface area (Å²) in [5, 5.41) is 11.1. The van der Waals surface area contributed by atoms with E-state index in [4.69, 9.17) is 0 Å². The van der Waals surface area contributed by atoms with Crippen LogP contribution in [0.4, 0.5) is 0 Å². The number of aromatic hydroxyl groups is 1. The first-order chi connectivity index (χ1) is 14.4. The molecular formula is C25H48N4O. The second-order valence-electron chi connectivity index (χ2n) is 8.22. The van der Waals surface area contributed by atoms with Crippen LogP contribution in [0.15, 0.2) is 12.1 Å². The van der Waals surface area contributed by atoms with Gasteiger partial charge in [-0.3, -0.25) is 9.80 Å². The minimum absolute atomic E-state index is 0.489. The van der Waals surface area contributed by atoms with E-state index in [2.05, 4.69) is 80.2 Å². The molecule has 0 amide bonds. The SMILES string of the molecule is CCN(CC)CCN(CC)Cc1cc(C)cc(CN(CC)CCN(CC)CC)c1O. The molecule has 0 aliphatic carbocycles. The number of nitrogens with zero attached hydrogens (tertiary/aromatic N) is 4.